The Morgan fingerprint density at radius 2 is 1.94 bits per heavy atom. The van der Waals surface area contributed by atoms with Crippen LogP contribution in [0.25, 0.3) is 5.69 Å². The number of alkyl halides is 3. The second-order valence-corrected chi connectivity index (χ2v) is 7.17. The van der Waals surface area contributed by atoms with E-state index in [2.05, 4.69) is 15.3 Å². The molecule has 1 fully saturated rings. The average Bonchev–Trinajstić information content (AvgIpc) is 3.24. The van der Waals surface area contributed by atoms with Gasteiger partial charge in [0.2, 0.25) is 0 Å². The molecule has 1 N–H and O–H groups in total. The molecule has 0 radical (unpaired) electrons. The quantitative estimate of drug-likeness (QED) is 0.266. The third kappa shape index (κ3) is 6.55. The zero-order valence-corrected chi connectivity index (χ0v) is 19.8. The van der Waals surface area contributed by atoms with Crippen LogP contribution in [0.15, 0.2) is 41.9 Å². The molecule has 1 atom stereocenters. The van der Waals surface area contributed by atoms with Crippen molar-refractivity contribution in [1.29, 1.82) is 0 Å². The van der Waals surface area contributed by atoms with Gasteiger partial charge in [0.1, 0.15) is 11.9 Å². The lowest BCUT2D eigenvalue weighted by molar-refractivity contribution is -0.181. The van der Waals surface area contributed by atoms with Crippen LogP contribution in [0.4, 0.5) is 17.6 Å². The number of rotatable bonds is 5. The Morgan fingerprint density at radius 3 is 2.48 bits per heavy atom. The van der Waals surface area contributed by atoms with Crippen LogP contribution < -0.4 is 5.32 Å². The zero-order chi connectivity index (χ0) is 21.7. The first-order valence-corrected chi connectivity index (χ1v) is 9.90. The summed E-state index contributed by atoms with van der Waals surface area (Å²) in [6.45, 7) is 5.52. The van der Waals surface area contributed by atoms with Gasteiger partial charge in [-0.3, -0.25) is 4.90 Å². The zero-order valence-electron chi connectivity index (χ0n) is 17.4. The molecule has 1 aliphatic heterocycles. The molecule has 0 aliphatic carbocycles. The maximum atomic E-state index is 14.4. The molecule has 0 bridgehead atoms. The van der Waals surface area contributed by atoms with Crippen molar-refractivity contribution in [2.24, 2.45) is 4.99 Å². The van der Waals surface area contributed by atoms with Crippen LogP contribution in [-0.4, -0.2) is 70.3 Å². The molecular weight excluding hydrogens is 527 g/mol. The molecule has 1 saturated heterocycles. The number of halogens is 5. The first-order valence-electron chi connectivity index (χ1n) is 9.90. The first kappa shape index (κ1) is 25.4. The molecule has 31 heavy (non-hydrogen) atoms. The van der Waals surface area contributed by atoms with E-state index in [1.165, 1.54) is 24.2 Å². The normalized spacial score (nSPS) is 16.7. The van der Waals surface area contributed by atoms with Crippen LogP contribution >= 0.6 is 24.0 Å². The lowest BCUT2D eigenvalue weighted by atomic mass is 10.2. The van der Waals surface area contributed by atoms with E-state index in [4.69, 9.17) is 0 Å². The third-order valence-electron chi connectivity index (χ3n) is 5.18. The molecule has 1 aromatic heterocycles. The van der Waals surface area contributed by atoms with Gasteiger partial charge >= 0.3 is 6.18 Å². The summed E-state index contributed by atoms with van der Waals surface area (Å²) in [7, 11) is 0. The molecule has 1 aromatic carbocycles. The molecule has 1 aliphatic rings. The summed E-state index contributed by atoms with van der Waals surface area (Å²) in [4.78, 5) is 11.9. The minimum absolute atomic E-state index is 0. The average molecular weight is 554 g/mol. The summed E-state index contributed by atoms with van der Waals surface area (Å²) in [5.41, 5.74) is 1.11. The number of benzene rings is 1. The van der Waals surface area contributed by atoms with Crippen molar-refractivity contribution in [2.45, 2.75) is 32.6 Å². The predicted octanol–water partition coefficient (Wildman–Crippen LogP) is 3.66. The van der Waals surface area contributed by atoms with Gasteiger partial charge in [-0.05, 0) is 31.5 Å². The van der Waals surface area contributed by atoms with Gasteiger partial charge in [-0.25, -0.2) is 14.4 Å². The fourth-order valence-corrected chi connectivity index (χ4v) is 3.38. The molecular formula is C20H27F4IN6. The Bertz CT molecular complexity index is 848. The van der Waals surface area contributed by atoms with Gasteiger partial charge in [-0.2, -0.15) is 13.2 Å². The van der Waals surface area contributed by atoms with E-state index in [1.54, 1.807) is 29.1 Å². The van der Waals surface area contributed by atoms with E-state index >= 15 is 0 Å². The van der Waals surface area contributed by atoms with E-state index in [0.29, 0.717) is 49.9 Å². The minimum atomic E-state index is -4.23. The summed E-state index contributed by atoms with van der Waals surface area (Å²) in [5.74, 6) is 0.247. The van der Waals surface area contributed by atoms with Crippen LogP contribution in [0.3, 0.4) is 0 Å². The van der Waals surface area contributed by atoms with Gasteiger partial charge < -0.3 is 14.8 Å². The molecule has 2 aromatic rings. The number of nitrogens with one attached hydrogen (secondary N) is 1. The fourth-order valence-electron chi connectivity index (χ4n) is 3.38. The maximum Gasteiger partial charge on any atom is 0.403 e. The van der Waals surface area contributed by atoms with E-state index in [1.807, 2.05) is 11.8 Å². The summed E-state index contributed by atoms with van der Waals surface area (Å²) in [6, 6.07) is 3.45. The predicted molar refractivity (Wildman–Crippen MR) is 122 cm³/mol. The summed E-state index contributed by atoms with van der Waals surface area (Å²) < 4.78 is 54.9. The molecule has 0 saturated carbocycles. The van der Waals surface area contributed by atoms with Crippen molar-refractivity contribution in [1.82, 2.24) is 24.7 Å². The first-order chi connectivity index (χ1) is 14.3. The number of nitrogens with zero attached hydrogens (tertiary/aromatic N) is 5. The van der Waals surface area contributed by atoms with Gasteiger partial charge in [0.15, 0.2) is 5.96 Å². The number of aliphatic imine (C=N–C) groups is 1. The lowest BCUT2D eigenvalue weighted by Crippen LogP contribution is -2.56. The molecule has 172 valence electrons. The molecule has 3 rings (SSSR count). The number of piperazine rings is 1. The van der Waals surface area contributed by atoms with Crippen molar-refractivity contribution in [3.8, 4) is 5.69 Å². The Labute approximate surface area is 196 Å². The highest BCUT2D eigenvalue weighted by Gasteiger charge is 2.41. The van der Waals surface area contributed by atoms with Crippen LogP contribution in [0.2, 0.25) is 0 Å². The topological polar surface area (TPSA) is 48.7 Å². The van der Waals surface area contributed by atoms with Crippen molar-refractivity contribution < 1.29 is 17.6 Å². The smallest absolute Gasteiger partial charge is 0.357 e. The molecule has 1 unspecified atom stereocenters. The SMILES string of the molecule is CCNC(=NCc1ccc(-n2ccnc2)c(F)c1)N1CCN(C(C)C(F)(F)F)CC1.I. The van der Waals surface area contributed by atoms with Crippen molar-refractivity contribution in [3.63, 3.8) is 0 Å². The summed E-state index contributed by atoms with van der Waals surface area (Å²) >= 11 is 0. The minimum Gasteiger partial charge on any atom is -0.357 e. The van der Waals surface area contributed by atoms with E-state index in [-0.39, 0.29) is 36.3 Å². The summed E-state index contributed by atoms with van der Waals surface area (Å²) in [6.07, 6.45) is 0.543. The number of imidazole rings is 1. The fraction of sp³-hybridized carbons (Fsp3) is 0.500. The third-order valence-corrected chi connectivity index (χ3v) is 5.18. The Hall–Kier alpha value is -1.89. The highest BCUT2D eigenvalue weighted by molar-refractivity contribution is 14.0. The van der Waals surface area contributed by atoms with Crippen LogP contribution in [0.1, 0.15) is 19.4 Å². The summed E-state index contributed by atoms with van der Waals surface area (Å²) in [5, 5.41) is 3.17. The van der Waals surface area contributed by atoms with Gasteiger partial charge in [0.05, 0.1) is 18.6 Å². The van der Waals surface area contributed by atoms with Gasteiger partial charge in [0.25, 0.3) is 0 Å². The van der Waals surface area contributed by atoms with Crippen LogP contribution in [-0.2, 0) is 6.54 Å². The highest BCUT2D eigenvalue weighted by atomic mass is 127. The van der Waals surface area contributed by atoms with Crippen molar-refractivity contribution >= 4 is 29.9 Å². The second-order valence-electron chi connectivity index (χ2n) is 7.17. The standard InChI is InChI=1S/C20H26F4N6.HI/c1-3-26-19(29-10-8-28(9-11-29)15(2)20(22,23)24)27-13-16-4-5-18(17(21)12-16)30-7-6-25-14-30;/h4-7,12,14-15H,3,8-11,13H2,1-2H3,(H,26,27);1H. The van der Waals surface area contributed by atoms with Gasteiger partial charge in [-0.15, -0.1) is 24.0 Å². The second kappa shape index (κ2) is 11.1. The molecule has 0 spiro atoms. The molecule has 11 heteroatoms. The van der Waals surface area contributed by atoms with Crippen molar-refractivity contribution in [3.05, 3.63) is 48.3 Å². The monoisotopic (exact) mass is 554 g/mol. The molecule has 2 heterocycles. The van der Waals surface area contributed by atoms with E-state index in [0.717, 1.165) is 0 Å². The van der Waals surface area contributed by atoms with Crippen LogP contribution in [0.5, 0.6) is 0 Å². The number of hydrogen-bond donors (Lipinski definition) is 1. The number of guanidine groups is 1. The van der Waals surface area contributed by atoms with Gasteiger partial charge in [0, 0.05) is 45.1 Å². The van der Waals surface area contributed by atoms with Gasteiger partial charge in [-0.1, -0.05) is 6.07 Å². The Balaban J connectivity index is 0.00000341. The Morgan fingerprint density at radius 1 is 1.23 bits per heavy atom. The maximum absolute atomic E-state index is 14.4. The molecule has 0 amide bonds. The largest absolute Gasteiger partial charge is 0.403 e. The van der Waals surface area contributed by atoms with E-state index < -0.39 is 12.2 Å². The van der Waals surface area contributed by atoms with Crippen LogP contribution in [0, 0.1) is 5.82 Å². The highest BCUT2D eigenvalue weighted by Crippen LogP contribution is 2.25. The number of hydrogen-bond acceptors (Lipinski definition) is 3. The van der Waals surface area contributed by atoms with Crippen molar-refractivity contribution in [2.75, 3.05) is 32.7 Å². The lowest BCUT2D eigenvalue weighted by Gasteiger charge is -2.39. The number of aromatic nitrogens is 2. The van der Waals surface area contributed by atoms with E-state index in [9.17, 15) is 17.6 Å². The Kier molecular flexibility index (Phi) is 9.10. The molecule has 6 nitrogen and oxygen atoms in total.